The minimum Gasteiger partial charge on any atom is -0.310 e. The van der Waals surface area contributed by atoms with Crippen molar-refractivity contribution in [3.05, 3.63) is 16.3 Å². The van der Waals surface area contributed by atoms with Gasteiger partial charge in [-0.3, -0.25) is 0 Å². The Labute approximate surface area is 127 Å². The molecule has 0 aromatic carbocycles. The third-order valence-electron chi connectivity index (χ3n) is 3.31. The zero-order valence-electron chi connectivity index (χ0n) is 13.0. The van der Waals surface area contributed by atoms with Crippen LogP contribution < -0.4 is 5.32 Å². The maximum Gasteiger partial charge on any atom is 0.244 e. The Morgan fingerprint density at radius 3 is 2.45 bits per heavy atom. The SMILES string of the molecule is CCC(C)N(CC)S(=O)(=O)c1csc(CNC(C)C)c1. The molecule has 0 saturated carbocycles. The predicted octanol–water partition coefficient (Wildman–Crippen LogP) is 3.06. The monoisotopic (exact) mass is 318 g/mol. The number of thiophene rings is 1. The third-order valence-corrected chi connectivity index (χ3v) is 6.47. The highest BCUT2D eigenvalue weighted by atomic mass is 32.2. The molecule has 0 fully saturated rings. The van der Waals surface area contributed by atoms with Crippen molar-refractivity contribution in [3.63, 3.8) is 0 Å². The lowest BCUT2D eigenvalue weighted by molar-refractivity contribution is 0.342. The van der Waals surface area contributed by atoms with Crippen molar-refractivity contribution in [2.45, 2.75) is 64.6 Å². The summed E-state index contributed by atoms with van der Waals surface area (Å²) >= 11 is 1.50. The second-order valence-electron chi connectivity index (χ2n) is 5.25. The highest BCUT2D eigenvalue weighted by Crippen LogP contribution is 2.24. The summed E-state index contributed by atoms with van der Waals surface area (Å²) in [4.78, 5) is 1.47. The fourth-order valence-corrected chi connectivity index (χ4v) is 4.88. The lowest BCUT2D eigenvalue weighted by atomic mass is 10.3. The first-order valence-electron chi connectivity index (χ1n) is 7.15. The van der Waals surface area contributed by atoms with Gasteiger partial charge in [-0.25, -0.2) is 8.42 Å². The van der Waals surface area contributed by atoms with Crippen LogP contribution >= 0.6 is 11.3 Å². The van der Waals surface area contributed by atoms with Crippen molar-refractivity contribution in [2.75, 3.05) is 6.54 Å². The summed E-state index contributed by atoms with van der Waals surface area (Å²) in [5, 5.41) is 5.05. The van der Waals surface area contributed by atoms with Crippen LogP contribution in [0.5, 0.6) is 0 Å². The van der Waals surface area contributed by atoms with Gasteiger partial charge in [-0.15, -0.1) is 11.3 Å². The van der Waals surface area contributed by atoms with E-state index in [4.69, 9.17) is 0 Å². The average molecular weight is 319 g/mol. The van der Waals surface area contributed by atoms with Gasteiger partial charge in [0.05, 0.1) is 4.90 Å². The number of nitrogens with zero attached hydrogens (tertiary/aromatic N) is 1. The molecule has 1 aromatic heterocycles. The highest BCUT2D eigenvalue weighted by molar-refractivity contribution is 7.89. The van der Waals surface area contributed by atoms with Crippen LogP contribution in [0.1, 0.15) is 45.9 Å². The van der Waals surface area contributed by atoms with Gasteiger partial charge in [0, 0.05) is 35.4 Å². The second kappa shape index (κ2) is 7.54. The van der Waals surface area contributed by atoms with Crippen LogP contribution in [0, 0.1) is 0 Å². The van der Waals surface area contributed by atoms with E-state index in [1.807, 2.05) is 20.8 Å². The van der Waals surface area contributed by atoms with Gasteiger partial charge in [0.15, 0.2) is 0 Å². The molecule has 0 aliphatic carbocycles. The Bertz CT molecular complexity index is 509. The van der Waals surface area contributed by atoms with Gasteiger partial charge in [-0.2, -0.15) is 4.31 Å². The summed E-state index contributed by atoms with van der Waals surface area (Å²) < 4.78 is 26.8. The average Bonchev–Trinajstić information content (AvgIpc) is 2.86. The Kier molecular flexibility index (Phi) is 6.64. The first-order chi connectivity index (χ1) is 9.32. The van der Waals surface area contributed by atoms with E-state index in [1.165, 1.54) is 11.3 Å². The molecule has 0 radical (unpaired) electrons. The standard InChI is InChI=1S/C14H26N2O2S2/c1-6-12(5)16(7-2)20(17,18)14-8-13(19-10-14)9-15-11(3)4/h8,10-12,15H,6-7,9H2,1-5H3. The summed E-state index contributed by atoms with van der Waals surface area (Å²) in [6.07, 6.45) is 0.818. The van der Waals surface area contributed by atoms with Crippen molar-refractivity contribution in [1.29, 1.82) is 0 Å². The number of sulfonamides is 1. The normalized spacial score (nSPS) is 14.2. The van der Waals surface area contributed by atoms with Crippen molar-refractivity contribution in [3.8, 4) is 0 Å². The smallest absolute Gasteiger partial charge is 0.244 e. The molecule has 1 aromatic rings. The van der Waals surface area contributed by atoms with Crippen LogP contribution in [0.15, 0.2) is 16.3 Å². The second-order valence-corrected chi connectivity index (χ2v) is 8.14. The Morgan fingerprint density at radius 1 is 1.30 bits per heavy atom. The predicted molar refractivity (Wildman–Crippen MR) is 85.6 cm³/mol. The van der Waals surface area contributed by atoms with Gasteiger partial charge in [-0.1, -0.05) is 27.7 Å². The molecule has 1 heterocycles. The summed E-state index contributed by atoms with van der Waals surface area (Å²) in [6, 6.07) is 2.21. The molecule has 1 unspecified atom stereocenters. The van der Waals surface area contributed by atoms with Crippen molar-refractivity contribution < 1.29 is 8.42 Å². The van der Waals surface area contributed by atoms with E-state index in [2.05, 4.69) is 19.2 Å². The van der Waals surface area contributed by atoms with Gasteiger partial charge < -0.3 is 5.32 Å². The van der Waals surface area contributed by atoms with Gasteiger partial charge in [0.2, 0.25) is 10.0 Å². The molecule has 0 amide bonds. The van der Waals surface area contributed by atoms with E-state index >= 15 is 0 Å². The number of hydrogen-bond acceptors (Lipinski definition) is 4. The van der Waals surface area contributed by atoms with E-state index in [9.17, 15) is 8.42 Å². The fourth-order valence-electron chi connectivity index (χ4n) is 1.95. The number of hydrogen-bond donors (Lipinski definition) is 1. The number of nitrogens with one attached hydrogen (secondary N) is 1. The maximum absolute atomic E-state index is 12.6. The molecule has 4 nitrogen and oxygen atoms in total. The van der Waals surface area contributed by atoms with E-state index in [0.717, 1.165) is 11.3 Å². The minimum atomic E-state index is -3.36. The van der Waals surface area contributed by atoms with Crippen molar-refractivity contribution >= 4 is 21.4 Å². The molecule has 116 valence electrons. The van der Waals surface area contributed by atoms with Crippen LogP contribution in [-0.4, -0.2) is 31.4 Å². The van der Waals surface area contributed by atoms with Crippen LogP contribution in [-0.2, 0) is 16.6 Å². The van der Waals surface area contributed by atoms with Gasteiger partial charge in [-0.05, 0) is 19.4 Å². The molecule has 1 atom stereocenters. The number of rotatable bonds is 8. The third kappa shape index (κ3) is 4.28. The van der Waals surface area contributed by atoms with Crippen molar-refractivity contribution in [2.24, 2.45) is 0 Å². The van der Waals surface area contributed by atoms with Crippen LogP contribution in [0.4, 0.5) is 0 Å². The summed E-state index contributed by atoms with van der Waals surface area (Å²) in [6.45, 7) is 11.2. The molecule has 20 heavy (non-hydrogen) atoms. The van der Waals surface area contributed by atoms with Gasteiger partial charge >= 0.3 is 0 Å². The fraction of sp³-hybridized carbons (Fsp3) is 0.714. The molecular formula is C14H26N2O2S2. The Morgan fingerprint density at radius 2 is 1.95 bits per heavy atom. The molecule has 6 heteroatoms. The first kappa shape index (κ1) is 17.6. The van der Waals surface area contributed by atoms with Crippen LogP contribution in [0.2, 0.25) is 0 Å². The summed E-state index contributed by atoms with van der Waals surface area (Å²) in [7, 11) is -3.36. The highest BCUT2D eigenvalue weighted by Gasteiger charge is 2.27. The Balaban J connectivity index is 2.92. The largest absolute Gasteiger partial charge is 0.310 e. The molecular weight excluding hydrogens is 292 g/mol. The zero-order valence-corrected chi connectivity index (χ0v) is 14.6. The van der Waals surface area contributed by atoms with E-state index in [-0.39, 0.29) is 6.04 Å². The first-order valence-corrected chi connectivity index (χ1v) is 9.47. The summed E-state index contributed by atoms with van der Waals surface area (Å²) in [5.41, 5.74) is 0. The topological polar surface area (TPSA) is 49.4 Å². The molecule has 0 aliphatic heterocycles. The quantitative estimate of drug-likeness (QED) is 0.801. The van der Waals surface area contributed by atoms with Gasteiger partial charge in [0.1, 0.15) is 0 Å². The van der Waals surface area contributed by atoms with Crippen LogP contribution in [0.3, 0.4) is 0 Å². The molecule has 0 saturated heterocycles. The van der Waals surface area contributed by atoms with Crippen molar-refractivity contribution in [1.82, 2.24) is 9.62 Å². The lowest BCUT2D eigenvalue weighted by Crippen LogP contribution is -2.37. The lowest BCUT2D eigenvalue weighted by Gasteiger charge is -2.25. The zero-order chi connectivity index (χ0) is 15.3. The van der Waals surface area contributed by atoms with Crippen LogP contribution in [0.25, 0.3) is 0 Å². The Hall–Kier alpha value is -0.430. The maximum atomic E-state index is 12.6. The molecule has 1 rings (SSSR count). The molecule has 0 bridgehead atoms. The minimum absolute atomic E-state index is 0.0298. The summed E-state index contributed by atoms with van der Waals surface area (Å²) in [5.74, 6) is 0. The van der Waals surface area contributed by atoms with E-state index in [1.54, 1.807) is 15.8 Å². The van der Waals surface area contributed by atoms with Gasteiger partial charge in [0.25, 0.3) is 0 Å². The van der Waals surface area contributed by atoms with E-state index in [0.29, 0.717) is 24.0 Å². The molecule has 0 aliphatic rings. The molecule has 0 spiro atoms. The molecule has 1 N–H and O–H groups in total. The van der Waals surface area contributed by atoms with E-state index < -0.39 is 10.0 Å².